The summed E-state index contributed by atoms with van der Waals surface area (Å²) in [6.07, 6.45) is 0. The lowest BCUT2D eigenvalue weighted by Gasteiger charge is -2.26. The lowest BCUT2D eigenvalue weighted by atomic mass is 9.99. The van der Waals surface area contributed by atoms with Crippen LogP contribution in [0, 0.1) is 13.8 Å². The molecule has 0 spiro atoms. The normalized spacial score (nSPS) is 14.4. The zero-order valence-electron chi connectivity index (χ0n) is 17.2. The SMILES string of the molecule is Cc1ccc(N(c2ccc(C)cc2)c2ccc3c(c2)-c2ccccc2C3C)cc1. The van der Waals surface area contributed by atoms with Crippen molar-refractivity contribution in [2.24, 2.45) is 0 Å². The van der Waals surface area contributed by atoms with Gasteiger partial charge in [-0.25, -0.2) is 0 Å². The molecule has 0 bridgehead atoms. The van der Waals surface area contributed by atoms with E-state index in [1.165, 1.54) is 50.4 Å². The number of anilines is 3. The third-order valence-corrected chi connectivity index (χ3v) is 6.06. The second-order valence-corrected chi connectivity index (χ2v) is 8.09. The molecule has 0 aliphatic heterocycles. The molecule has 29 heavy (non-hydrogen) atoms. The van der Waals surface area contributed by atoms with Crippen LogP contribution in [0.15, 0.2) is 91.0 Å². The first-order valence-corrected chi connectivity index (χ1v) is 10.3. The summed E-state index contributed by atoms with van der Waals surface area (Å²) in [7, 11) is 0. The van der Waals surface area contributed by atoms with Crippen molar-refractivity contribution in [3.63, 3.8) is 0 Å². The molecule has 0 fully saturated rings. The van der Waals surface area contributed by atoms with Crippen LogP contribution in [0.4, 0.5) is 17.1 Å². The lowest BCUT2D eigenvalue weighted by molar-refractivity contribution is 0.956. The summed E-state index contributed by atoms with van der Waals surface area (Å²) in [5, 5.41) is 0. The van der Waals surface area contributed by atoms with Gasteiger partial charge in [0.15, 0.2) is 0 Å². The molecule has 4 aromatic rings. The molecular formula is C28H25N. The molecule has 0 radical (unpaired) electrons. The van der Waals surface area contributed by atoms with Gasteiger partial charge in [0.1, 0.15) is 0 Å². The molecule has 1 aliphatic rings. The Morgan fingerprint density at radius 2 is 1.07 bits per heavy atom. The molecule has 1 heteroatoms. The number of fused-ring (bicyclic) bond motifs is 3. The van der Waals surface area contributed by atoms with Crippen molar-refractivity contribution in [1.82, 2.24) is 0 Å². The fourth-order valence-electron chi connectivity index (χ4n) is 4.42. The molecule has 0 aromatic heterocycles. The highest BCUT2D eigenvalue weighted by Crippen LogP contribution is 2.47. The molecule has 5 rings (SSSR count). The topological polar surface area (TPSA) is 3.24 Å². The predicted octanol–water partition coefficient (Wildman–Crippen LogP) is 7.91. The summed E-state index contributed by atoms with van der Waals surface area (Å²) < 4.78 is 0. The molecule has 142 valence electrons. The average molecular weight is 376 g/mol. The van der Waals surface area contributed by atoms with Crippen molar-refractivity contribution >= 4 is 17.1 Å². The maximum absolute atomic E-state index is 2.36. The highest BCUT2D eigenvalue weighted by atomic mass is 15.1. The summed E-state index contributed by atoms with van der Waals surface area (Å²) in [5.41, 5.74) is 11.7. The maximum Gasteiger partial charge on any atom is 0.0467 e. The Hall–Kier alpha value is -3.32. The van der Waals surface area contributed by atoms with Gasteiger partial charge in [0.05, 0.1) is 0 Å². The van der Waals surface area contributed by atoms with Crippen molar-refractivity contribution in [3.05, 3.63) is 113 Å². The zero-order valence-corrected chi connectivity index (χ0v) is 17.2. The molecule has 1 unspecified atom stereocenters. The van der Waals surface area contributed by atoms with Gasteiger partial charge in [-0.2, -0.15) is 0 Å². The van der Waals surface area contributed by atoms with E-state index in [4.69, 9.17) is 0 Å². The van der Waals surface area contributed by atoms with E-state index in [0.717, 1.165) is 0 Å². The number of rotatable bonds is 3. The number of hydrogen-bond donors (Lipinski definition) is 0. The van der Waals surface area contributed by atoms with Crippen molar-refractivity contribution in [1.29, 1.82) is 0 Å². The number of aryl methyl sites for hydroxylation is 2. The Labute approximate surface area is 173 Å². The minimum atomic E-state index is 0.447. The largest absolute Gasteiger partial charge is 0.310 e. The van der Waals surface area contributed by atoms with Gasteiger partial charge in [0.2, 0.25) is 0 Å². The molecule has 0 amide bonds. The van der Waals surface area contributed by atoms with Crippen LogP contribution < -0.4 is 4.90 Å². The third kappa shape index (κ3) is 3.03. The molecule has 1 atom stereocenters. The highest BCUT2D eigenvalue weighted by molar-refractivity contribution is 5.85. The quantitative estimate of drug-likeness (QED) is 0.352. The Morgan fingerprint density at radius 3 is 1.69 bits per heavy atom. The van der Waals surface area contributed by atoms with Crippen molar-refractivity contribution in [2.45, 2.75) is 26.7 Å². The fourth-order valence-corrected chi connectivity index (χ4v) is 4.42. The minimum Gasteiger partial charge on any atom is -0.310 e. The monoisotopic (exact) mass is 375 g/mol. The van der Waals surface area contributed by atoms with Crippen molar-refractivity contribution in [3.8, 4) is 11.1 Å². The van der Waals surface area contributed by atoms with Gasteiger partial charge in [0, 0.05) is 23.0 Å². The van der Waals surface area contributed by atoms with Crippen LogP contribution in [0.1, 0.15) is 35.1 Å². The first-order chi connectivity index (χ1) is 14.1. The Kier molecular flexibility index (Phi) is 4.24. The van der Waals surface area contributed by atoms with E-state index in [9.17, 15) is 0 Å². The molecule has 0 saturated heterocycles. The van der Waals surface area contributed by atoms with Gasteiger partial charge in [0.25, 0.3) is 0 Å². The lowest BCUT2D eigenvalue weighted by Crippen LogP contribution is -2.10. The molecule has 0 saturated carbocycles. The molecule has 0 heterocycles. The molecule has 1 nitrogen and oxygen atoms in total. The summed E-state index contributed by atoms with van der Waals surface area (Å²) >= 11 is 0. The fraction of sp³-hybridized carbons (Fsp3) is 0.143. The van der Waals surface area contributed by atoms with E-state index < -0.39 is 0 Å². The average Bonchev–Trinajstić information content (AvgIpc) is 3.03. The van der Waals surface area contributed by atoms with Crippen LogP contribution >= 0.6 is 0 Å². The standard InChI is InChI=1S/C28H25N/c1-19-8-12-22(13-9-19)29(23-14-10-20(2)11-15-23)24-16-17-26-21(3)25-6-4-5-7-27(25)28(26)18-24/h4-18,21H,1-3H3. The summed E-state index contributed by atoms with van der Waals surface area (Å²) in [6.45, 7) is 6.57. The first kappa shape index (κ1) is 17.8. The van der Waals surface area contributed by atoms with Crippen LogP contribution in [0.2, 0.25) is 0 Å². The van der Waals surface area contributed by atoms with E-state index in [2.05, 4.69) is 117 Å². The van der Waals surface area contributed by atoms with Crippen LogP contribution in [0.5, 0.6) is 0 Å². The number of nitrogens with zero attached hydrogens (tertiary/aromatic N) is 1. The summed E-state index contributed by atoms with van der Waals surface area (Å²) in [4.78, 5) is 2.35. The second kappa shape index (κ2) is 6.93. The molecule has 0 N–H and O–H groups in total. The van der Waals surface area contributed by atoms with Crippen molar-refractivity contribution in [2.75, 3.05) is 4.90 Å². The predicted molar refractivity (Wildman–Crippen MR) is 124 cm³/mol. The van der Waals surface area contributed by atoms with E-state index >= 15 is 0 Å². The molecule has 4 aromatic carbocycles. The van der Waals surface area contributed by atoms with Gasteiger partial charge in [-0.05, 0) is 72.5 Å². The third-order valence-electron chi connectivity index (χ3n) is 6.06. The van der Waals surface area contributed by atoms with Gasteiger partial charge in [-0.1, -0.05) is 72.6 Å². The van der Waals surface area contributed by atoms with Crippen molar-refractivity contribution < 1.29 is 0 Å². The molecule has 1 aliphatic carbocycles. The Balaban J connectivity index is 1.68. The van der Waals surface area contributed by atoms with Crippen LogP contribution in [-0.4, -0.2) is 0 Å². The van der Waals surface area contributed by atoms with Crippen LogP contribution in [0.25, 0.3) is 11.1 Å². The molecular weight excluding hydrogens is 350 g/mol. The van der Waals surface area contributed by atoms with Gasteiger partial charge < -0.3 is 4.90 Å². The summed E-state index contributed by atoms with van der Waals surface area (Å²) in [6, 6.07) is 33.3. The number of benzene rings is 4. The smallest absolute Gasteiger partial charge is 0.0467 e. The van der Waals surface area contributed by atoms with E-state index in [1.54, 1.807) is 0 Å². The van der Waals surface area contributed by atoms with E-state index in [1.807, 2.05) is 0 Å². The highest BCUT2D eigenvalue weighted by Gasteiger charge is 2.26. The van der Waals surface area contributed by atoms with Gasteiger partial charge >= 0.3 is 0 Å². The van der Waals surface area contributed by atoms with E-state index in [0.29, 0.717) is 5.92 Å². The van der Waals surface area contributed by atoms with Gasteiger partial charge in [-0.3, -0.25) is 0 Å². The second-order valence-electron chi connectivity index (χ2n) is 8.09. The van der Waals surface area contributed by atoms with Crippen LogP contribution in [-0.2, 0) is 0 Å². The Morgan fingerprint density at radius 1 is 0.552 bits per heavy atom. The van der Waals surface area contributed by atoms with E-state index in [-0.39, 0.29) is 0 Å². The summed E-state index contributed by atoms with van der Waals surface area (Å²) in [5.74, 6) is 0.447. The Bertz CT molecular complexity index is 1120. The number of hydrogen-bond acceptors (Lipinski definition) is 1. The van der Waals surface area contributed by atoms with Crippen LogP contribution in [0.3, 0.4) is 0 Å². The maximum atomic E-state index is 2.36. The minimum absolute atomic E-state index is 0.447. The first-order valence-electron chi connectivity index (χ1n) is 10.3. The van der Waals surface area contributed by atoms with Gasteiger partial charge in [-0.15, -0.1) is 0 Å². The zero-order chi connectivity index (χ0) is 20.0.